The molecular weight excluding hydrogens is 496 g/mol. The van der Waals surface area contributed by atoms with Crippen LogP contribution in [0.3, 0.4) is 0 Å². The lowest BCUT2D eigenvalue weighted by molar-refractivity contribution is -0.153. The first kappa shape index (κ1) is 21.6. The molecule has 0 saturated heterocycles. The van der Waals surface area contributed by atoms with E-state index in [-0.39, 0.29) is 39.7 Å². The topological polar surface area (TPSA) is 127 Å². The van der Waals surface area contributed by atoms with Crippen LogP contribution in [-0.2, 0) is 0 Å². The predicted molar refractivity (Wildman–Crippen MR) is 121 cm³/mol. The number of nitrogens with zero attached hydrogens (tertiary/aromatic N) is 6. The molecule has 2 aliphatic rings. The van der Waals surface area contributed by atoms with E-state index in [2.05, 4.69) is 30.0 Å². The highest BCUT2D eigenvalue weighted by Gasteiger charge is 2.47. The van der Waals surface area contributed by atoms with E-state index in [1.54, 1.807) is 12.3 Å². The minimum atomic E-state index is -4.60. The minimum absolute atomic E-state index is 0.0199. The Kier molecular flexibility index (Phi) is 4.22. The fourth-order valence-corrected chi connectivity index (χ4v) is 5.05. The predicted octanol–water partition coefficient (Wildman–Crippen LogP) is 3.06. The van der Waals surface area contributed by atoms with Crippen LogP contribution in [0.15, 0.2) is 46.5 Å². The standard InChI is InChI=1S/C23H14F4N8O2/c24-17-18(29-8-14-19(17)35-15(23(25,26)27)1-2-16(35)31-14)10-5-9(10)11-6-13(33-34-4-3-28-20(11)34)12-7-30-22(37)32-21(12)36/h1-4,6-10,15H,5H2,(H2,30,32,36,37)/t9-,10-,15-/m0/s1. The van der Waals surface area contributed by atoms with Gasteiger partial charge in [0.05, 0.1) is 23.1 Å². The smallest absolute Gasteiger partial charge is 0.313 e. The zero-order valence-electron chi connectivity index (χ0n) is 18.5. The van der Waals surface area contributed by atoms with Gasteiger partial charge in [0.2, 0.25) is 0 Å². The number of fused-ring (bicyclic) bond motifs is 4. The van der Waals surface area contributed by atoms with E-state index in [1.807, 2.05) is 0 Å². The quantitative estimate of drug-likeness (QED) is 0.360. The van der Waals surface area contributed by atoms with Gasteiger partial charge in [0.1, 0.15) is 22.9 Å². The Bertz CT molecular complexity index is 1900. The summed E-state index contributed by atoms with van der Waals surface area (Å²) in [5.74, 6) is -1.52. The van der Waals surface area contributed by atoms with Crippen molar-refractivity contribution >= 4 is 22.8 Å². The molecule has 1 fully saturated rings. The van der Waals surface area contributed by atoms with Gasteiger partial charge in [-0.2, -0.15) is 18.3 Å². The number of aromatic nitrogens is 8. The fraction of sp³-hybridized carbons (Fsp3) is 0.217. The first-order chi connectivity index (χ1) is 17.7. The van der Waals surface area contributed by atoms with Crippen molar-refractivity contribution in [1.29, 1.82) is 0 Å². The van der Waals surface area contributed by atoms with E-state index in [9.17, 15) is 22.8 Å². The summed E-state index contributed by atoms with van der Waals surface area (Å²) in [4.78, 5) is 41.0. The molecule has 1 saturated carbocycles. The molecule has 5 aromatic heterocycles. The number of imidazole rings is 2. The first-order valence-corrected chi connectivity index (χ1v) is 11.2. The van der Waals surface area contributed by atoms with E-state index in [0.29, 0.717) is 17.6 Å². The van der Waals surface area contributed by atoms with Crippen molar-refractivity contribution in [3.05, 3.63) is 80.7 Å². The Labute approximate surface area is 202 Å². The summed E-state index contributed by atoms with van der Waals surface area (Å²) in [6, 6.07) is -0.359. The molecule has 37 heavy (non-hydrogen) atoms. The highest BCUT2D eigenvalue weighted by molar-refractivity contribution is 5.80. The summed E-state index contributed by atoms with van der Waals surface area (Å²) in [5, 5.41) is 4.38. The Hall–Kier alpha value is -4.62. The van der Waals surface area contributed by atoms with E-state index >= 15 is 4.39 Å². The maximum atomic E-state index is 15.8. The second kappa shape index (κ2) is 7.21. The molecule has 5 aromatic rings. The summed E-state index contributed by atoms with van der Waals surface area (Å²) in [5.41, 5.74) is 0.106. The number of pyridine rings is 1. The lowest BCUT2D eigenvalue weighted by Gasteiger charge is -2.17. The largest absolute Gasteiger partial charge is 0.412 e. The first-order valence-electron chi connectivity index (χ1n) is 11.2. The molecule has 3 atom stereocenters. The van der Waals surface area contributed by atoms with Crippen LogP contribution in [0.4, 0.5) is 17.6 Å². The second-order valence-corrected chi connectivity index (χ2v) is 8.99. The molecule has 2 N–H and O–H groups in total. The van der Waals surface area contributed by atoms with Crippen LogP contribution in [0.1, 0.15) is 41.4 Å². The van der Waals surface area contributed by atoms with Gasteiger partial charge in [0.25, 0.3) is 5.56 Å². The number of hydrogen-bond acceptors (Lipinski definition) is 6. The van der Waals surface area contributed by atoms with Crippen molar-refractivity contribution in [2.24, 2.45) is 0 Å². The van der Waals surface area contributed by atoms with Crippen molar-refractivity contribution < 1.29 is 17.6 Å². The SMILES string of the molecule is O=c1[nH]cc(-c2cc([C@H]3C[C@@H]3c3ncc4nc5n(c4c3F)[C@H](C(F)(F)F)C=C5)c3nccn3n2)c(=O)[nH]1. The molecule has 6 heterocycles. The molecule has 1 aliphatic carbocycles. The number of halogens is 4. The normalized spacial score (nSPS) is 20.7. The molecule has 0 bridgehead atoms. The minimum Gasteiger partial charge on any atom is -0.313 e. The van der Waals surface area contributed by atoms with Crippen LogP contribution < -0.4 is 11.2 Å². The lowest BCUT2D eigenvalue weighted by Crippen LogP contribution is -2.23. The second-order valence-electron chi connectivity index (χ2n) is 8.99. The zero-order valence-corrected chi connectivity index (χ0v) is 18.5. The summed E-state index contributed by atoms with van der Waals surface area (Å²) < 4.78 is 58.8. The van der Waals surface area contributed by atoms with E-state index < -0.39 is 35.2 Å². The van der Waals surface area contributed by atoms with Gasteiger partial charge >= 0.3 is 11.9 Å². The summed E-state index contributed by atoms with van der Waals surface area (Å²) in [6.45, 7) is 0. The molecular formula is C23H14F4N8O2. The van der Waals surface area contributed by atoms with Crippen LogP contribution in [0.25, 0.3) is 34.0 Å². The number of aromatic amines is 2. The van der Waals surface area contributed by atoms with Gasteiger partial charge in [0.15, 0.2) is 11.5 Å². The molecule has 0 amide bonds. The average Bonchev–Trinajstić information content (AvgIpc) is 3.15. The van der Waals surface area contributed by atoms with Crippen LogP contribution in [-0.4, -0.2) is 45.3 Å². The van der Waals surface area contributed by atoms with Gasteiger partial charge < -0.3 is 9.55 Å². The number of H-pyrrole nitrogens is 2. The molecule has 7 rings (SSSR count). The molecule has 14 heteroatoms. The van der Waals surface area contributed by atoms with Crippen molar-refractivity contribution in [3.63, 3.8) is 0 Å². The number of hydrogen-bond donors (Lipinski definition) is 2. The molecule has 0 spiro atoms. The van der Waals surface area contributed by atoms with E-state index in [1.165, 1.54) is 29.2 Å². The fourth-order valence-electron chi connectivity index (χ4n) is 5.05. The van der Waals surface area contributed by atoms with Crippen molar-refractivity contribution in [3.8, 4) is 11.3 Å². The Balaban J connectivity index is 1.32. The van der Waals surface area contributed by atoms with E-state index in [0.717, 1.165) is 10.6 Å². The third-order valence-electron chi connectivity index (χ3n) is 6.79. The third-order valence-corrected chi connectivity index (χ3v) is 6.79. The summed E-state index contributed by atoms with van der Waals surface area (Å²) in [7, 11) is 0. The summed E-state index contributed by atoms with van der Waals surface area (Å²) in [6.07, 6.45) is 3.69. The molecule has 186 valence electrons. The lowest BCUT2D eigenvalue weighted by atomic mass is 10.1. The highest BCUT2D eigenvalue weighted by atomic mass is 19.4. The zero-order chi connectivity index (χ0) is 25.6. The highest BCUT2D eigenvalue weighted by Crippen LogP contribution is 2.56. The maximum Gasteiger partial charge on any atom is 0.412 e. The number of alkyl halides is 3. The van der Waals surface area contributed by atoms with Gasteiger partial charge in [0, 0.05) is 30.1 Å². The van der Waals surface area contributed by atoms with Crippen molar-refractivity contribution in [2.45, 2.75) is 30.5 Å². The Morgan fingerprint density at radius 3 is 2.76 bits per heavy atom. The van der Waals surface area contributed by atoms with Crippen LogP contribution >= 0.6 is 0 Å². The number of rotatable bonds is 3. The molecule has 0 unspecified atom stereocenters. The maximum absolute atomic E-state index is 15.8. The van der Waals surface area contributed by atoms with Gasteiger partial charge in [-0.15, -0.1) is 0 Å². The Morgan fingerprint density at radius 1 is 1.14 bits per heavy atom. The van der Waals surface area contributed by atoms with Gasteiger partial charge in [-0.1, -0.05) is 0 Å². The van der Waals surface area contributed by atoms with Crippen LogP contribution in [0.5, 0.6) is 0 Å². The van der Waals surface area contributed by atoms with E-state index in [4.69, 9.17) is 0 Å². The van der Waals surface area contributed by atoms with Gasteiger partial charge in [-0.25, -0.2) is 23.7 Å². The van der Waals surface area contributed by atoms with Crippen molar-refractivity contribution in [1.82, 2.24) is 39.1 Å². The third kappa shape index (κ3) is 3.17. The molecule has 0 aromatic carbocycles. The Morgan fingerprint density at radius 2 is 1.97 bits per heavy atom. The van der Waals surface area contributed by atoms with Crippen LogP contribution in [0.2, 0.25) is 0 Å². The number of nitrogens with one attached hydrogen (secondary N) is 2. The molecule has 1 aliphatic heterocycles. The van der Waals surface area contributed by atoms with Crippen LogP contribution in [0, 0.1) is 5.82 Å². The average molecular weight is 510 g/mol. The molecule has 10 nitrogen and oxygen atoms in total. The van der Waals surface area contributed by atoms with Gasteiger partial charge in [-0.05, 0) is 30.6 Å². The van der Waals surface area contributed by atoms with Crippen molar-refractivity contribution in [2.75, 3.05) is 0 Å². The number of allylic oxidation sites excluding steroid dienone is 1. The monoisotopic (exact) mass is 510 g/mol. The van der Waals surface area contributed by atoms with Gasteiger partial charge in [-0.3, -0.25) is 14.8 Å². The summed E-state index contributed by atoms with van der Waals surface area (Å²) >= 11 is 0. The molecule has 0 radical (unpaired) electrons.